The number of carbonyl (C=O) groups excluding carboxylic acids is 2. The summed E-state index contributed by atoms with van der Waals surface area (Å²) in [5.74, 6) is -0.270. The molecule has 1 saturated heterocycles. The van der Waals surface area contributed by atoms with Crippen LogP contribution in [0.5, 0.6) is 0 Å². The van der Waals surface area contributed by atoms with Gasteiger partial charge in [-0.05, 0) is 52.6 Å². The molecule has 6 nitrogen and oxygen atoms in total. The molecule has 0 aliphatic carbocycles. The zero-order valence-corrected chi connectivity index (χ0v) is 14.5. The van der Waals surface area contributed by atoms with Gasteiger partial charge in [-0.25, -0.2) is 4.79 Å². The molecule has 0 bridgehead atoms. The molecule has 2 unspecified atom stereocenters. The van der Waals surface area contributed by atoms with Crippen LogP contribution in [0.1, 0.15) is 41.0 Å². The number of nitrogens with zero attached hydrogens (tertiary/aromatic N) is 1. The maximum atomic E-state index is 12.1. The number of urea groups is 1. The number of imide groups is 1. The summed E-state index contributed by atoms with van der Waals surface area (Å²) in [6.07, 6.45) is 0.981. The molecule has 124 valence electrons. The van der Waals surface area contributed by atoms with Crippen LogP contribution in [0.4, 0.5) is 4.79 Å². The molecule has 0 spiro atoms. The minimum atomic E-state index is -0.449. The normalized spacial score (nSPS) is 24.1. The fraction of sp³-hybridized carbons (Fsp3) is 0.857. The minimum absolute atomic E-state index is 0. The average Bonchev–Trinajstić information content (AvgIpc) is 2.69. The number of hydrogen-bond acceptors (Lipinski definition) is 4. The molecule has 1 aliphatic rings. The van der Waals surface area contributed by atoms with E-state index in [2.05, 4.69) is 22.5 Å². The highest BCUT2D eigenvalue weighted by atomic mass is 35.5. The van der Waals surface area contributed by atoms with Gasteiger partial charge >= 0.3 is 6.03 Å². The van der Waals surface area contributed by atoms with Crippen molar-refractivity contribution in [2.75, 3.05) is 19.6 Å². The first-order valence-electron chi connectivity index (χ1n) is 7.13. The van der Waals surface area contributed by atoms with E-state index < -0.39 is 6.03 Å². The molecule has 2 atom stereocenters. The maximum absolute atomic E-state index is 12.1. The number of hydrogen-bond donors (Lipinski definition) is 3. The summed E-state index contributed by atoms with van der Waals surface area (Å²) in [6, 6.07) is -0.774. The third kappa shape index (κ3) is 6.20. The Balaban J connectivity index is 0.00000400. The number of likely N-dealkylation sites (tertiary alicyclic amines) is 1. The van der Waals surface area contributed by atoms with Gasteiger partial charge in [0, 0.05) is 12.1 Å². The minimum Gasteiger partial charge on any atom is -0.333 e. The van der Waals surface area contributed by atoms with Crippen molar-refractivity contribution in [1.82, 2.24) is 15.5 Å². The van der Waals surface area contributed by atoms with E-state index in [4.69, 9.17) is 5.73 Å². The van der Waals surface area contributed by atoms with E-state index >= 15 is 0 Å². The Kier molecular flexibility index (Phi) is 7.12. The average molecular weight is 321 g/mol. The number of nitrogens with two attached hydrogens (primary N) is 1. The molecular formula is C14H29ClN4O2. The van der Waals surface area contributed by atoms with Crippen LogP contribution in [-0.2, 0) is 4.79 Å². The van der Waals surface area contributed by atoms with Crippen molar-refractivity contribution in [1.29, 1.82) is 0 Å². The topological polar surface area (TPSA) is 87.5 Å². The number of rotatable bonds is 3. The zero-order valence-electron chi connectivity index (χ0n) is 13.7. The zero-order chi connectivity index (χ0) is 15.6. The second kappa shape index (κ2) is 7.42. The quantitative estimate of drug-likeness (QED) is 0.726. The molecule has 0 aromatic heterocycles. The Morgan fingerprint density at radius 1 is 1.38 bits per heavy atom. The van der Waals surface area contributed by atoms with Gasteiger partial charge in [-0.15, -0.1) is 12.4 Å². The van der Waals surface area contributed by atoms with Crippen molar-refractivity contribution >= 4 is 24.3 Å². The Morgan fingerprint density at radius 2 is 1.95 bits per heavy atom. The predicted octanol–water partition coefficient (Wildman–Crippen LogP) is 1.09. The maximum Gasteiger partial charge on any atom is 0.321 e. The summed E-state index contributed by atoms with van der Waals surface area (Å²) < 4.78 is 0. The fourth-order valence-electron chi connectivity index (χ4n) is 2.31. The highest BCUT2D eigenvalue weighted by molar-refractivity contribution is 5.97. The van der Waals surface area contributed by atoms with E-state index in [0.717, 1.165) is 19.5 Å². The van der Waals surface area contributed by atoms with Gasteiger partial charge in [0.25, 0.3) is 0 Å². The van der Waals surface area contributed by atoms with Gasteiger partial charge in [0.05, 0.1) is 6.04 Å². The number of halogens is 1. The molecule has 0 radical (unpaired) electrons. The first-order chi connectivity index (χ1) is 9.06. The van der Waals surface area contributed by atoms with Gasteiger partial charge in [-0.1, -0.05) is 6.92 Å². The summed E-state index contributed by atoms with van der Waals surface area (Å²) in [5, 5.41) is 5.11. The molecule has 4 N–H and O–H groups in total. The van der Waals surface area contributed by atoms with Crippen molar-refractivity contribution in [3.05, 3.63) is 0 Å². The molecule has 7 heteroatoms. The third-order valence-electron chi connectivity index (χ3n) is 3.73. The summed E-state index contributed by atoms with van der Waals surface area (Å²) in [6.45, 7) is 11.8. The largest absolute Gasteiger partial charge is 0.333 e. The highest BCUT2D eigenvalue weighted by Gasteiger charge is 2.36. The molecule has 3 amide bonds. The Labute approximate surface area is 133 Å². The van der Waals surface area contributed by atoms with E-state index in [1.165, 1.54) is 0 Å². The van der Waals surface area contributed by atoms with Gasteiger partial charge in [0.15, 0.2) is 0 Å². The van der Waals surface area contributed by atoms with E-state index in [1.54, 1.807) is 0 Å². The van der Waals surface area contributed by atoms with Crippen molar-refractivity contribution in [2.24, 2.45) is 11.1 Å². The summed E-state index contributed by atoms with van der Waals surface area (Å²) >= 11 is 0. The highest BCUT2D eigenvalue weighted by Crippen LogP contribution is 2.29. The van der Waals surface area contributed by atoms with Crippen LogP contribution in [0.15, 0.2) is 0 Å². The third-order valence-corrected chi connectivity index (χ3v) is 3.73. The fourth-order valence-corrected chi connectivity index (χ4v) is 2.31. The van der Waals surface area contributed by atoms with Crippen LogP contribution in [-0.4, -0.2) is 48.1 Å². The van der Waals surface area contributed by atoms with Gasteiger partial charge in [-0.2, -0.15) is 0 Å². The van der Waals surface area contributed by atoms with E-state index in [9.17, 15) is 9.59 Å². The van der Waals surface area contributed by atoms with E-state index in [0.29, 0.717) is 6.54 Å². The lowest BCUT2D eigenvalue weighted by Gasteiger charge is -2.27. The summed E-state index contributed by atoms with van der Waals surface area (Å²) in [5.41, 5.74) is 5.48. The molecule has 1 heterocycles. The predicted molar refractivity (Wildman–Crippen MR) is 86.5 cm³/mol. The molecule has 1 rings (SSSR count). The molecule has 0 aromatic rings. The summed E-state index contributed by atoms with van der Waals surface area (Å²) in [7, 11) is 0. The van der Waals surface area contributed by atoms with Crippen LogP contribution in [0.3, 0.4) is 0 Å². The second-order valence-corrected chi connectivity index (χ2v) is 7.10. The van der Waals surface area contributed by atoms with Gasteiger partial charge in [0.2, 0.25) is 5.91 Å². The van der Waals surface area contributed by atoms with Crippen molar-refractivity contribution in [2.45, 2.75) is 52.6 Å². The van der Waals surface area contributed by atoms with Crippen LogP contribution in [0.2, 0.25) is 0 Å². The molecule has 1 aliphatic heterocycles. The first-order valence-corrected chi connectivity index (χ1v) is 7.13. The van der Waals surface area contributed by atoms with Crippen molar-refractivity contribution < 1.29 is 9.59 Å². The lowest BCUT2D eigenvalue weighted by molar-refractivity contribution is -0.124. The molecule has 0 aromatic carbocycles. The molecule has 0 saturated carbocycles. The smallest absolute Gasteiger partial charge is 0.321 e. The van der Waals surface area contributed by atoms with Crippen LogP contribution >= 0.6 is 12.4 Å². The Morgan fingerprint density at radius 3 is 2.38 bits per heavy atom. The summed E-state index contributed by atoms with van der Waals surface area (Å²) in [4.78, 5) is 25.8. The molecular weight excluding hydrogens is 292 g/mol. The lowest BCUT2D eigenvalue weighted by Crippen LogP contribution is -2.53. The van der Waals surface area contributed by atoms with Crippen molar-refractivity contribution in [3.63, 3.8) is 0 Å². The van der Waals surface area contributed by atoms with Gasteiger partial charge in [-0.3, -0.25) is 15.0 Å². The van der Waals surface area contributed by atoms with E-state index in [-0.39, 0.29) is 35.3 Å². The number of carbonyl (C=O) groups is 2. The van der Waals surface area contributed by atoms with Gasteiger partial charge < -0.3 is 11.1 Å². The van der Waals surface area contributed by atoms with Crippen molar-refractivity contribution in [3.8, 4) is 0 Å². The second-order valence-electron chi connectivity index (χ2n) is 7.10. The lowest BCUT2D eigenvalue weighted by atomic mass is 9.90. The monoisotopic (exact) mass is 320 g/mol. The van der Waals surface area contributed by atoms with Gasteiger partial charge in [0.1, 0.15) is 0 Å². The SMILES string of the molecule is CC(C(=O)NC(=O)NC(C)(C)C)N1CCC(C)(CN)C1.Cl. The Hall–Kier alpha value is -0.850. The number of amides is 3. The van der Waals surface area contributed by atoms with E-state index in [1.807, 2.05) is 27.7 Å². The van der Waals surface area contributed by atoms with Crippen LogP contribution < -0.4 is 16.4 Å². The molecule has 21 heavy (non-hydrogen) atoms. The standard InChI is InChI=1S/C14H28N4O2.ClH/c1-10(18-7-6-14(5,8-15)9-18)11(19)16-12(20)17-13(2,3)4;/h10H,6-9,15H2,1-5H3,(H2,16,17,19,20);1H. The first kappa shape index (κ1) is 20.1. The number of nitrogens with one attached hydrogen (secondary N) is 2. The Bertz CT molecular complexity index is 384. The van der Waals surface area contributed by atoms with Crippen LogP contribution in [0.25, 0.3) is 0 Å². The molecule has 1 fully saturated rings. The van der Waals surface area contributed by atoms with Crippen LogP contribution in [0, 0.1) is 5.41 Å².